The Bertz CT molecular complexity index is 786. The van der Waals surface area contributed by atoms with E-state index in [1.165, 1.54) is 12.1 Å². The maximum atomic E-state index is 12.1. The molecule has 25 heavy (non-hydrogen) atoms. The summed E-state index contributed by atoms with van der Waals surface area (Å²) in [5, 5.41) is 0. The van der Waals surface area contributed by atoms with Crippen LogP contribution in [0.3, 0.4) is 0 Å². The second kappa shape index (κ2) is 8.49. The predicted molar refractivity (Wildman–Crippen MR) is 93.7 cm³/mol. The molecule has 0 radical (unpaired) electrons. The molecule has 5 nitrogen and oxygen atoms in total. The highest BCUT2D eigenvalue weighted by Crippen LogP contribution is 2.20. The van der Waals surface area contributed by atoms with Gasteiger partial charge in [-0.2, -0.15) is 0 Å². The average Bonchev–Trinajstić information content (AvgIpc) is 2.61. The van der Waals surface area contributed by atoms with Crippen LogP contribution in [0.1, 0.15) is 24.2 Å². The molecule has 0 saturated heterocycles. The topological polar surface area (TPSA) is 61.8 Å². The Morgan fingerprint density at radius 3 is 1.92 bits per heavy atom. The van der Waals surface area contributed by atoms with Crippen molar-refractivity contribution in [1.29, 1.82) is 0 Å². The Morgan fingerprint density at radius 1 is 0.880 bits per heavy atom. The van der Waals surface area contributed by atoms with Crippen LogP contribution in [0.4, 0.5) is 0 Å². The highest BCUT2D eigenvalue weighted by molar-refractivity contribution is 5.91. The van der Waals surface area contributed by atoms with Gasteiger partial charge < -0.3 is 14.2 Å². The molecule has 0 aromatic heterocycles. The number of hydrogen-bond acceptors (Lipinski definition) is 5. The fourth-order valence-corrected chi connectivity index (χ4v) is 1.75. The lowest BCUT2D eigenvalue weighted by atomic mass is 10.2. The summed E-state index contributed by atoms with van der Waals surface area (Å²) in [4.78, 5) is 23.5. The lowest BCUT2D eigenvalue weighted by Crippen LogP contribution is -2.09. The second-order valence-electron chi connectivity index (χ2n) is 5.14. The third kappa shape index (κ3) is 5.35. The van der Waals surface area contributed by atoms with Crippen LogP contribution >= 0.6 is 0 Å². The Morgan fingerprint density at radius 2 is 1.40 bits per heavy atom. The predicted octanol–water partition coefficient (Wildman–Crippen LogP) is 4.30. The number of carbonyl (C=O) groups excluding carboxylic acids is 2. The van der Waals surface area contributed by atoms with Gasteiger partial charge in [0.25, 0.3) is 0 Å². The molecule has 0 aliphatic rings. The number of rotatable bonds is 6. The van der Waals surface area contributed by atoms with Gasteiger partial charge in [-0.25, -0.2) is 9.59 Å². The van der Waals surface area contributed by atoms with E-state index in [0.717, 1.165) is 0 Å². The normalized spacial score (nSPS) is 10.3. The van der Waals surface area contributed by atoms with Crippen molar-refractivity contribution in [2.24, 2.45) is 0 Å². The standard InChI is InChI=1S/C20H18O5/c1-4-13-23-16-7-5-15(6-8-16)20(22)25-18-11-9-17(10-12-18)24-19(21)14(2)3/h4-13H,2H2,1,3H3. The summed E-state index contributed by atoms with van der Waals surface area (Å²) in [7, 11) is 0. The average molecular weight is 338 g/mol. The largest absolute Gasteiger partial charge is 0.465 e. The molecule has 0 saturated carbocycles. The first-order valence-corrected chi connectivity index (χ1v) is 7.57. The number of ether oxygens (including phenoxy) is 3. The van der Waals surface area contributed by atoms with E-state index >= 15 is 0 Å². The highest BCUT2D eigenvalue weighted by Gasteiger charge is 2.10. The molecule has 0 unspecified atom stereocenters. The van der Waals surface area contributed by atoms with Gasteiger partial charge in [0.15, 0.2) is 0 Å². The van der Waals surface area contributed by atoms with E-state index in [1.807, 2.05) is 6.92 Å². The van der Waals surface area contributed by atoms with E-state index in [9.17, 15) is 9.59 Å². The fraction of sp³-hybridized carbons (Fsp3) is 0.100. The number of benzene rings is 2. The van der Waals surface area contributed by atoms with Crippen LogP contribution in [0.5, 0.6) is 17.2 Å². The first kappa shape index (κ1) is 18.0. The molecule has 0 spiro atoms. The van der Waals surface area contributed by atoms with Crippen LogP contribution in [0, 0.1) is 0 Å². The van der Waals surface area contributed by atoms with Crippen molar-refractivity contribution in [3.8, 4) is 17.2 Å². The molecular formula is C20H18O5. The van der Waals surface area contributed by atoms with Gasteiger partial charge in [0.05, 0.1) is 11.8 Å². The molecule has 0 fully saturated rings. The molecule has 2 rings (SSSR count). The second-order valence-corrected chi connectivity index (χ2v) is 5.14. The molecule has 0 heterocycles. The van der Waals surface area contributed by atoms with Crippen LogP contribution in [-0.2, 0) is 4.79 Å². The van der Waals surface area contributed by atoms with Gasteiger partial charge in [-0.05, 0) is 62.4 Å². The van der Waals surface area contributed by atoms with Crippen molar-refractivity contribution in [3.05, 3.63) is 78.6 Å². The Balaban J connectivity index is 1.98. The summed E-state index contributed by atoms with van der Waals surface area (Å²) in [6, 6.07) is 12.8. The monoisotopic (exact) mass is 338 g/mol. The molecular weight excluding hydrogens is 320 g/mol. The first-order chi connectivity index (χ1) is 12.0. The zero-order valence-corrected chi connectivity index (χ0v) is 14.0. The third-order valence-corrected chi connectivity index (χ3v) is 3.02. The van der Waals surface area contributed by atoms with E-state index in [-0.39, 0.29) is 0 Å². The molecule has 2 aromatic rings. The summed E-state index contributed by atoms with van der Waals surface area (Å²) in [5.74, 6) is 0.306. The highest BCUT2D eigenvalue weighted by atomic mass is 16.5. The maximum Gasteiger partial charge on any atom is 0.343 e. The summed E-state index contributed by atoms with van der Waals surface area (Å²) < 4.78 is 15.6. The van der Waals surface area contributed by atoms with E-state index < -0.39 is 11.9 Å². The van der Waals surface area contributed by atoms with Gasteiger partial charge in [0.1, 0.15) is 17.2 Å². The molecule has 2 aromatic carbocycles. The molecule has 0 amide bonds. The van der Waals surface area contributed by atoms with Crippen LogP contribution in [0.25, 0.3) is 0 Å². The van der Waals surface area contributed by atoms with E-state index in [1.54, 1.807) is 55.7 Å². The number of carbonyl (C=O) groups is 2. The smallest absolute Gasteiger partial charge is 0.343 e. The minimum Gasteiger partial charge on any atom is -0.465 e. The lowest BCUT2D eigenvalue weighted by Gasteiger charge is -2.07. The van der Waals surface area contributed by atoms with Gasteiger partial charge in [-0.1, -0.05) is 12.7 Å². The SMILES string of the molecule is C=C(C)C(=O)Oc1ccc(OC(=O)c2ccc(OC=CC)cc2)cc1. The molecule has 0 N–H and O–H groups in total. The molecule has 0 bridgehead atoms. The van der Waals surface area contributed by atoms with Crippen LogP contribution < -0.4 is 14.2 Å². The minimum absolute atomic E-state index is 0.303. The van der Waals surface area contributed by atoms with Gasteiger partial charge in [-0.3, -0.25) is 0 Å². The van der Waals surface area contributed by atoms with Gasteiger partial charge in [0, 0.05) is 5.57 Å². The molecule has 0 atom stereocenters. The van der Waals surface area contributed by atoms with E-state index in [2.05, 4.69) is 6.58 Å². The summed E-state index contributed by atoms with van der Waals surface area (Å²) in [5.41, 5.74) is 0.697. The van der Waals surface area contributed by atoms with Crippen molar-refractivity contribution in [2.45, 2.75) is 13.8 Å². The summed E-state index contributed by atoms with van der Waals surface area (Å²) in [6.07, 6.45) is 3.31. The van der Waals surface area contributed by atoms with Crippen LogP contribution in [0.15, 0.2) is 73.0 Å². The third-order valence-electron chi connectivity index (χ3n) is 3.02. The van der Waals surface area contributed by atoms with Crippen LogP contribution in [0.2, 0.25) is 0 Å². The molecule has 0 aliphatic carbocycles. The van der Waals surface area contributed by atoms with Crippen molar-refractivity contribution < 1.29 is 23.8 Å². The number of hydrogen-bond donors (Lipinski definition) is 0. The fourth-order valence-electron chi connectivity index (χ4n) is 1.75. The van der Waals surface area contributed by atoms with Crippen molar-refractivity contribution in [1.82, 2.24) is 0 Å². The van der Waals surface area contributed by atoms with Crippen molar-refractivity contribution in [2.75, 3.05) is 0 Å². The van der Waals surface area contributed by atoms with Gasteiger partial charge in [-0.15, -0.1) is 0 Å². The summed E-state index contributed by atoms with van der Waals surface area (Å²) >= 11 is 0. The lowest BCUT2D eigenvalue weighted by molar-refractivity contribution is -0.130. The van der Waals surface area contributed by atoms with Crippen molar-refractivity contribution in [3.63, 3.8) is 0 Å². The van der Waals surface area contributed by atoms with Gasteiger partial charge >= 0.3 is 11.9 Å². The van der Waals surface area contributed by atoms with Gasteiger partial charge in [0.2, 0.25) is 0 Å². The first-order valence-electron chi connectivity index (χ1n) is 7.57. The zero-order chi connectivity index (χ0) is 18.2. The van der Waals surface area contributed by atoms with E-state index in [4.69, 9.17) is 14.2 Å². The number of esters is 2. The number of allylic oxidation sites excluding steroid dienone is 1. The van der Waals surface area contributed by atoms with E-state index in [0.29, 0.717) is 28.4 Å². The minimum atomic E-state index is -0.509. The van der Waals surface area contributed by atoms with Crippen molar-refractivity contribution >= 4 is 11.9 Å². The Hall–Kier alpha value is -3.34. The summed E-state index contributed by atoms with van der Waals surface area (Å²) in [6.45, 7) is 6.91. The quantitative estimate of drug-likeness (QED) is 0.340. The van der Waals surface area contributed by atoms with Crippen LogP contribution in [-0.4, -0.2) is 11.9 Å². The molecule has 5 heteroatoms. The molecule has 0 aliphatic heterocycles. The Labute approximate surface area is 146 Å². The maximum absolute atomic E-state index is 12.1. The zero-order valence-electron chi connectivity index (χ0n) is 14.0. The molecule has 128 valence electrons. The Kier molecular flexibility index (Phi) is 6.12.